The van der Waals surface area contributed by atoms with E-state index in [0.29, 0.717) is 17.1 Å². The van der Waals surface area contributed by atoms with E-state index in [1.807, 2.05) is 13.0 Å². The molecule has 2 amide bonds. The Labute approximate surface area is 161 Å². The number of nitrogens with zero attached hydrogens (tertiary/aromatic N) is 4. The van der Waals surface area contributed by atoms with Gasteiger partial charge in [0.15, 0.2) is 5.96 Å². The van der Waals surface area contributed by atoms with E-state index in [1.54, 1.807) is 25.2 Å². The molecule has 1 aromatic heterocycles. The highest BCUT2D eigenvalue weighted by molar-refractivity contribution is 6.30. The van der Waals surface area contributed by atoms with E-state index < -0.39 is 11.4 Å². The molecule has 3 rings (SSSR count). The van der Waals surface area contributed by atoms with Crippen molar-refractivity contribution < 1.29 is 9.59 Å². The second kappa shape index (κ2) is 7.32. The molecule has 0 aliphatic carbocycles. The van der Waals surface area contributed by atoms with Gasteiger partial charge in [0.05, 0.1) is 17.0 Å². The van der Waals surface area contributed by atoms with Crippen LogP contribution >= 0.6 is 11.6 Å². The van der Waals surface area contributed by atoms with Gasteiger partial charge in [-0.05, 0) is 24.1 Å². The number of benzene rings is 1. The molecule has 0 fully saturated rings. The molecule has 0 radical (unpaired) electrons. The first-order valence-corrected chi connectivity index (χ1v) is 8.74. The van der Waals surface area contributed by atoms with Crippen molar-refractivity contribution in [1.82, 2.24) is 14.9 Å². The first-order chi connectivity index (χ1) is 12.8. The summed E-state index contributed by atoms with van der Waals surface area (Å²) in [6.45, 7) is 1.95. The van der Waals surface area contributed by atoms with E-state index in [9.17, 15) is 9.59 Å². The zero-order valence-electron chi connectivity index (χ0n) is 14.9. The van der Waals surface area contributed by atoms with Crippen LogP contribution in [-0.4, -0.2) is 39.7 Å². The lowest BCUT2D eigenvalue weighted by atomic mass is 9.83. The van der Waals surface area contributed by atoms with Crippen LogP contribution in [0, 0.1) is 0 Å². The average Bonchev–Trinajstić information content (AvgIpc) is 2.66. The highest BCUT2D eigenvalue weighted by atomic mass is 35.5. The Morgan fingerprint density at radius 2 is 2.07 bits per heavy atom. The summed E-state index contributed by atoms with van der Waals surface area (Å²) in [7, 11) is 1.60. The predicted octanol–water partition coefficient (Wildman–Crippen LogP) is 2.16. The minimum atomic E-state index is -0.759. The molecule has 2 heterocycles. The zero-order valence-corrected chi connectivity index (χ0v) is 15.7. The minimum Gasteiger partial charge on any atom is -0.369 e. The van der Waals surface area contributed by atoms with Crippen LogP contribution in [0.4, 0.5) is 5.69 Å². The number of guanidine groups is 1. The van der Waals surface area contributed by atoms with E-state index in [2.05, 4.69) is 20.3 Å². The van der Waals surface area contributed by atoms with Crippen molar-refractivity contribution in [2.45, 2.75) is 25.3 Å². The molecule has 2 aromatic rings. The summed E-state index contributed by atoms with van der Waals surface area (Å²) in [6.07, 6.45) is 3.50. The van der Waals surface area contributed by atoms with Gasteiger partial charge in [-0.1, -0.05) is 30.7 Å². The quantitative estimate of drug-likeness (QED) is 0.835. The van der Waals surface area contributed by atoms with E-state index in [0.717, 1.165) is 5.56 Å². The van der Waals surface area contributed by atoms with Gasteiger partial charge in [-0.25, -0.2) is 15.0 Å². The number of nitrogens with one attached hydrogen (secondary N) is 1. The van der Waals surface area contributed by atoms with Gasteiger partial charge in [-0.2, -0.15) is 0 Å². The number of amides is 2. The second-order valence-electron chi connectivity index (χ2n) is 6.24. The number of nitrogens with two attached hydrogens (primary N) is 1. The van der Waals surface area contributed by atoms with E-state index in [-0.39, 0.29) is 24.1 Å². The highest BCUT2D eigenvalue weighted by Gasteiger charge is 2.38. The molecule has 1 atom stereocenters. The molecule has 1 aromatic carbocycles. The first-order valence-electron chi connectivity index (χ1n) is 8.36. The number of aliphatic imine (C=N–C) groups is 1. The standard InChI is InChI=1S/C18H19ClN6O2/c1-3-18(8-14(26)25(2)17(20)24-18)11-5-4-6-13(7-11)23-16(27)15-21-9-12(19)10-22-15/h4-7,9-10H,3,8H2,1-2H3,(H2,20,24)(H,23,27). The fourth-order valence-corrected chi connectivity index (χ4v) is 3.01. The molecule has 140 valence electrons. The Morgan fingerprint density at radius 1 is 1.37 bits per heavy atom. The van der Waals surface area contributed by atoms with Crippen LogP contribution in [0.25, 0.3) is 0 Å². The molecule has 0 spiro atoms. The average molecular weight is 387 g/mol. The van der Waals surface area contributed by atoms with Crippen molar-refractivity contribution >= 4 is 35.1 Å². The highest BCUT2D eigenvalue weighted by Crippen LogP contribution is 2.37. The summed E-state index contributed by atoms with van der Waals surface area (Å²) >= 11 is 5.74. The smallest absolute Gasteiger partial charge is 0.293 e. The van der Waals surface area contributed by atoms with Crippen molar-refractivity contribution in [2.75, 3.05) is 12.4 Å². The Hall–Kier alpha value is -3.00. The van der Waals surface area contributed by atoms with Crippen LogP contribution in [0.1, 0.15) is 35.9 Å². The summed E-state index contributed by atoms with van der Waals surface area (Å²) in [5.74, 6) is -0.381. The molecular weight excluding hydrogens is 368 g/mol. The number of carbonyl (C=O) groups is 2. The number of halogens is 1. The van der Waals surface area contributed by atoms with Crippen LogP contribution in [0.5, 0.6) is 0 Å². The third-order valence-electron chi connectivity index (χ3n) is 4.56. The predicted molar refractivity (Wildman–Crippen MR) is 102 cm³/mol. The van der Waals surface area contributed by atoms with E-state index >= 15 is 0 Å². The number of anilines is 1. The van der Waals surface area contributed by atoms with Crippen LogP contribution in [0.15, 0.2) is 41.7 Å². The lowest BCUT2D eigenvalue weighted by molar-refractivity contribution is -0.128. The molecule has 27 heavy (non-hydrogen) atoms. The van der Waals surface area contributed by atoms with Gasteiger partial charge in [0.1, 0.15) is 0 Å². The van der Waals surface area contributed by atoms with Gasteiger partial charge in [0.2, 0.25) is 11.7 Å². The molecule has 1 unspecified atom stereocenters. The normalized spacial score (nSPS) is 19.6. The maximum atomic E-state index is 12.3. The fraction of sp³-hybridized carbons (Fsp3) is 0.278. The molecule has 1 aliphatic heterocycles. The third kappa shape index (κ3) is 3.75. The Bertz CT molecular complexity index is 914. The molecule has 0 saturated heterocycles. The number of carbonyl (C=O) groups excluding carboxylic acids is 2. The van der Waals surface area contributed by atoms with Crippen LogP contribution in [0.3, 0.4) is 0 Å². The largest absolute Gasteiger partial charge is 0.369 e. The Balaban J connectivity index is 1.89. The van der Waals surface area contributed by atoms with Crippen molar-refractivity contribution in [3.8, 4) is 0 Å². The Kier molecular flexibility index (Phi) is 5.09. The molecular formula is C18H19ClN6O2. The zero-order chi connectivity index (χ0) is 19.6. The van der Waals surface area contributed by atoms with Crippen LogP contribution in [-0.2, 0) is 10.3 Å². The van der Waals surface area contributed by atoms with Gasteiger partial charge in [0, 0.05) is 25.1 Å². The minimum absolute atomic E-state index is 0.00624. The lowest BCUT2D eigenvalue weighted by Crippen LogP contribution is -2.48. The number of aromatic nitrogens is 2. The van der Waals surface area contributed by atoms with Crippen molar-refractivity contribution in [1.29, 1.82) is 0 Å². The topological polar surface area (TPSA) is 114 Å². The van der Waals surface area contributed by atoms with Gasteiger partial charge in [-0.15, -0.1) is 0 Å². The maximum absolute atomic E-state index is 12.3. The number of hydrogen-bond donors (Lipinski definition) is 2. The first kappa shape index (κ1) is 18.8. The van der Waals surface area contributed by atoms with Gasteiger partial charge < -0.3 is 11.1 Å². The SMILES string of the molecule is CCC1(c2cccc(NC(=O)c3ncc(Cl)cn3)c2)CC(=O)N(C)C(N)=N1. The Morgan fingerprint density at radius 3 is 2.70 bits per heavy atom. The van der Waals surface area contributed by atoms with Gasteiger partial charge in [0.25, 0.3) is 5.91 Å². The molecule has 0 saturated carbocycles. The monoisotopic (exact) mass is 386 g/mol. The number of hydrogen-bond acceptors (Lipinski definition) is 6. The van der Waals surface area contributed by atoms with Crippen molar-refractivity contribution in [3.05, 3.63) is 53.1 Å². The van der Waals surface area contributed by atoms with Gasteiger partial charge in [-0.3, -0.25) is 14.5 Å². The molecule has 3 N–H and O–H groups in total. The van der Waals surface area contributed by atoms with Crippen molar-refractivity contribution in [3.63, 3.8) is 0 Å². The molecule has 8 nitrogen and oxygen atoms in total. The lowest BCUT2D eigenvalue weighted by Gasteiger charge is -2.36. The molecule has 1 aliphatic rings. The van der Waals surface area contributed by atoms with Crippen molar-refractivity contribution in [2.24, 2.45) is 10.7 Å². The van der Waals surface area contributed by atoms with Crippen LogP contribution in [0.2, 0.25) is 5.02 Å². The fourth-order valence-electron chi connectivity index (χ4n) is 2.91. The summed E-state index contributed by atoms with van der Waals surface area (Å²) in [5, 5.41) is 3.10. The van der Waals surface area contributed by atoms with Gasteiger partial charge >= 0.3 is 0 Å². The second-order valence-corrected chi connectivity index (χ2v) is 6.68. The van der Waals surface area contributed by atoms with Crippen LogP contribution < -0.4 is 11.1 Å². The third-order valence-corrected chi connectivity index (χ3v) is 4.75. The van der Waals surface area contributed by atoms with E-state index in [4.69, 9.17) is 17.3 Å². The summed E-state index contributed by atoms with van der Waals surface area (Å²) in [5.41, 5.74) is 6.50. The summed E-state index contributed by atoms with van der Waals surface area (Å²) < 4.78 is 0. The molecule has 0 bridgehead atoms. The molecule has 9 heteroatoms. The summed E-state index contributed by atoms with van der Waals surface area (Å²) in [4.78, 5) is 38.3. The number of rotatable bonds is 4. The van der Waals surface area contributed by atoms with E-state index in [1.165, 1.54) is 17.3 Å². The summed E-state index contributed by atoms with van der Waals surface area (Å²) in [6, 6.07) is 7.18. The maximum Gasteiger partial charge on any atom is 0.293 e.